The third-order valence-corrected chi connectivity index (χ3v) is 10.4. The lowest BCUT2D eigenvalue weighted by Gasteiger charge is -2.44. The summed E-state index contributed by atoms with van der Waals surface area (Å²) in [5, 5.41) is 0. The van der Waals surface area contributed by atoms with E-state index < -0.39 is 62.9 Å². The lowest BCUT2D eigenvalue weighted by Crippen LogP contribution is -2.51. The van der Waals surface area contributed by atoms with Crippen LogP contribution in [-0.4, -0.2) is 61.8 Å². The fourth-order valence-corrected chi connectivity index (χ4v) is 7.58. The number of piperidine rings is 1. The summed E-state index contributed by atoms with van der Waals surface area (Å²) < 4.78 is 119. The summed E-state index contributed by atoms with van der Waals surface area (Å²) in [5.41, 5.74) is -1.90. The summed E-state index contributed by atoms with van der Waals surface area (Å²) in [7, 11) is -1.74. The van der Waals surface area contributed by atoms with Gasteiger partial charge in [0.05, 0.1) is 28.7 Å². The Hall–Kier alpha value is -2.67. The van der Waals surface area contributed by atoms with Gasteiger partial charge in [-0.05, 0) is 86.7 Å². The number of alkyl halides is 6. The van der Waals surface area contributed by atoms with Crippen LogP contribution in [0.5, 0.6) is 0 Å². The van der Waals surface area contributed by atoms with E-state index in [0.29, 0.717) is 55.6 Å². The predicted octanol–water partition coefficient (Wildman–Crippen LogP) is 6.37. The number of benzene rings is 2. The zero-order valence-corrected chi connectivity index (χ0v) is 24.2. The SMILES string of the molecule is Cc1cc(F)ccc1[C@H]1CN(C2CCS(=O)(=O)CC2)CC[C@@H]1C(=O)N(C)[C@@H](C)c1cc(C(F)(F)F)cc(C(F)(F)F)c1. The third-order valence-electron chi connectivity index (χ3n) is 8.65. The van der Waals surface area contributed by atoms with Crippen LogP contribution in [0, 0.1) is 18.7 Å². The highest BCUT2D eigenvalue weighted by Gasteiger charge is 2.42. The second-order valence-electron chi connectivity index (χ2n) is 11.3. The lowest BCUT2D eigenvalue weighted by molar-refractivity contribution is -0.143. The molecule has 0 N–H and O–H groups in total. The van der Waals surface area contributed by atoms with E-state index in [-0.39, 0.29) is 29.2 Å². The molecule has 2 aromatic carbocycles. The van der Waals surface area contributed by atoms with E-state index in [9.17, 15) is 43.9 Å². The van der Waals surface area contributed by atoms with Crippen LogP contribution >= 0.6 is 0 Å². The zero-order valence-electron chi connectivity index (χ0n) is 23.4. The van der Waals surface area contributed by atoms with Gasteiger partial charge in [0.25, 0.3) is 0 Å². The summed E-state index contributed by atoms with van der Waals surface area (Å²) in [4.78, 5) is 17.2. The molecule has 4 rings (SSSR count). The first-order chi connectivity index (χ1) is 19.4. The highest BCUT2D eigenvalue weighted by Crippen LogP contribution is 2.41. The van der Waals surface area contributed by atoms with Gasteiger partial charge in [-0.15, -0.1) is 0 Å². The van der Waals surface area contributed by atoms with Crippen molar-refractivity contribution >= 4 is 15.7 Å². The number of carbonyl (C=O) groups excluding carboxylic acids is 1. The van der Waals surface area contributed by atoms with Crippen LogP contribution in [0.25, 0.3) is 0 Å². The summed E-state index contributed by atoms with van der Waals surface area (Å²) in [6, 6.07) is 4.40. The van der Waals surface area contributed by atoms with Gasteiger partial charge in [0.2, 0.25) is 5.91 Å². The summed E-state index contributed by atoms with van der Waals surface area (Å²) >= 11 is 0. The van der Waals surface area contributed by atoms with Crippen molar-refractivity contribution in [1.82, 2.24) is 9.80 Å². The molecule has 0 unspecified atom stereocenters. The fraction of sp³-hybridized carbons (Fsp3) is 0.552. The molecule has 2 aliphatic rings. The molecular formula is C29H33F7N2O3S. The van der Waals surface area contributed by atoms with Crippen molar-refractivity contribution in [3.8, 4) is 0 Å². The fourth-order valence-electron chi connectivity index (χ4n) is 6.11. The molecular weight excluding hydrogens is 589 g/mol. The summed E-state index contributed by atoms with van der Waals surface area (Å²) in [5.74, 6) is -1.92. The van der Waals surface area contributed by atoms with E-state index in [1.807, 2.05) is 0 Å². The lowest BCUT2D eigenvalue weighted by atomic mass is 9.77. The van der Waals surface area contributed by atoms with Crippen LogP contribution in [0.15, 0.2) is 36.4 Å². The van der Waals surface area contributed by atoms with E-state index >= 15 is 0 Å². The molecule has 2 heterocycles. The molecule has 0 saturated carbocycles. The van der Waals surface area contributed by atoms with Crippen LogP contribution in [-0.2, 0) is 27.0 Å². The van der Waals surface area contributed by atoms with E-state index in [2.05, 4.69) is 4.90 Å². The molecule has 0 radical (unpaired) electrons. The number of likely N-dealkylation sites (tertiary alicyclic amines) is 1. The first-order valence-corrected chi connectivity index (χ1v) is 15.5. The van der Waals surface area contributed by atoms with Gasteiger partial charge in [-0.2, -0.15) is 26.3 Å². The van der Waals surface area contributed by atoms with Crippen molar-refractivity contribution in [3.05, 3.63) is 70.0 Å². The summed E-state index contributed by atoms with van der Waals surface area (Å²) in [6.45, 7) is 3.92. The van der Waals surface area contributed by atoms with Gasteiger partial charge in [0, 0.05) is 31.5 Å². The number of sulfone groups is 1. The van der Waals surface area contributed by atoms with E-state index in [1.54, 1.807) is 13.0 Å². The number of hydrogen-bond donors (Lipinski definition) is 0. The van der Waals surface area contributed by atoms with E-state index in [1.165, 1.54) is 31.0 Å². The largest absolute Gasteiger partial charge is 0.416 e. The molecule has 3 atom stereocenters. The minimum absolute atomic E-state index is 0.0182. The molecule has 42 heavy (non-hydrogen) atoms. The Morgan fingerprint density at radius 3 is 2.05 bits per heavy atom. The average Bonchev–Trinajstić information content (AvgIpc) is 2.90. The number of rotatable bonds is 5. The van der Waals surface area contributed by atoms with E-state index in [0.717, 1.165) is 0 Å². The maximum atomic E-state index is 14.0. The van der Waals surface area contributed by atoms with Crippen molar-refractivity contribution in [2.75, 3.05) is 31.6 Å². The number of carbonyl (C=O) groups is 1. The Kier molecular flexibility index (Phi) is 9.05. The van der Waals surface area contributed by atoms with Gasteiger partial charge in [0.15, 0.2) is 0 Å². The molecule has 0 aromatic heterocycles. The number of aryl methyl sites for hydroxylation is 1. The molecule has 2 saturated heterocycles. The molecule has 0 spiro atoms. The van der Waals surface area contributed by atoms with Crippen molar-refractivity contribution < 1.29 is 43.9 Å². The van der Waals surface area contributed by atoms with Gasteiger partial charge < -0.3 is 4.90 Å². The molecule has 0 aliphatic carbocycles. The second kappa shape index (κ2) is 11.8. The number of halogens is 7. The maximum Gasteiger partial charge on any atom is 0.416 e. The predicted molar refractivity (Wildman–Crippen MR) is 143 cm³/mol. The molecule has 13 heteroatoms. The topological polar surface area (TPSA) is 57.7 Å². The maximum absolute atomic E-state index is 14.0. The smallest absolute Gasteiger partial charge is 0.339 e. The highest BCUT2D eigenvalue weighted by molar-refractivity contribution is 7.91. The molecule has 232 valence electrons. The van der Waals surface area contributed by atoms with E-state index in [4.69, 9.17) is 0 Å². The average molecular weight is 623 g/mol. The number of nitrogens with zero attached hydrogens (tertiary/aromatic N) is 2. The van der Waals surface area contributed by atoms with Gasteiger partial charge >= 0.3 is 12.4 Å². The van der Waals surface area contributed by atoms with Crippen LogP contribution in [0.3, 0.4) is 0 Å². The monoisotopic (exact) mass is 622 g/mol. The van der Waals surface area contributed by atoms with Gasteiger partial charge in [-0.25, -0.2) is 12.8 Å². The number of hydrogen-bond acceptors (Lipinski definition) is 4. The van der Waals surface area contributed by atoms with Crippen LogP contribution in [0.1, 0.15) is 66.0 Å². The Balaban J connectivity index is 1.64. The Bertz CT molecular complexity index is 1380. The first-order valence-electron chi connectivity index (χ1n) is 13.6. The zero-order chi connectivity index (χ0) is 31.2. The standard InChI is InChI=1S/C29H33F7N2O3S/c1-17-12-22(30)4-5-24(17)26-16-38(23-7-10-42(40,41)11-8-23)9-6-25(26)27(39)37(3)18(2)19-13-20(28(31,32)33)15-21(14-19)29(34,35)36/h4-5,12-15,18,23,25-26H,6-11,16H2,1-3H3/t18-,25-,26+/m0/s1. The van der Waals surface area contributed by atoms with Crippen LogP contribution < -0.4 is 0 Å². The van der Waals surface area contributed by atoms with Gasteiger partial charge in [-0.3, -0.25) is 9.69 Å². The van der Waals surface area contributed by atoms with Crippen molar-refractivity contribution in [2.24, 2.45) is 5.92 Å². The third kappa shape index (κ3) is 7.10. The minimum atomic E-state index is -5.02. The minimum Gasteiger partial charge on any atom is -0.339 e. The Morgan fingerprint density at radius 2 is 1.52 bits per heavy atom. The van der Waals surface area contributed by atoms with Crippen LogP contribution in [0.2, 0.25) is 0 Å². The Labute approximate surface area is 240 Å². The molecule has 0 bridgehead atoms. The number of amides is 1. The van der Waals surface area contributed by atoms with Crippen molar-refractivity contribution in [1.29, 1.82) is 0 Å². The molecule has 5 nitrogen and oxygen atoms in total. The first kappa shape index (κ1) is 32.2. The Morgan fingerprint density at radius 1 is 0.952 bits per heavy atom. The highest BCUT2D eigenvalue weighted by atomic mass is 32.2. The molecule has 2 fully saturated rings. The molecule has 2 aromatic rings. The molecule has 2 aliphatic heterocycles. The quantitative estimate of drug-likeness (QED) is 0.364. The van der Waals surface area contributed by atoms with Crippen molar-refractivity contribution in [3.63, 3.8) is 0 Å². The van der Waals surface area contributed by atoms with Gasteiger partial charge in [0.1, 0.15) is 15.7 Å². The van der Waals surface area contributed by atoms with Crippen LogP contribution in [0.4, 0.5) is 30.7 Å². The normalized spacial score (nSPS) is 23.0. The van der Waals surface area contributed by atoms with Crippen molar-refractivity contribution in [2.45, 2.75) is 63.5 Å². The summed E-state index contributed by atoms with van der Waals surface area (Å²) in [6.07, 6.45) is -8.81. The second-order valence-corrected chi connectivity index (χ2v) is 13.6. The molecule has 1 amide bonds. The van der Waals surface area contributed by atoms with Gasteiger partial charge in [-0.1, -0.05) is 6.07 Å².